The number of benzene rings is 2. The van der Waals surface area contributed by atoms with Crippen LogP contribution in [0.15, 0.2) is 42.5 Å². The summed E-state index contributed by atoms with van der Waals surface area (Å²) in [6.45, 7) is 3.67. The summed E-state index contributed by atoms with van der Waals surface area (Å²) < 4.78 is 37.7. The van der Waals surface area contributed by atoms with Gasteiger partial charge < -0.3 is 0 Å². The summed E-state index contributed by atoms with van der Waals surface area (Å²) in [5, 5.41) is 0. The maximum Gasteiger partial charge on any atom is 0.416 e. The second-order valence-electron chi connectivity index (χ2n) is 4.39. The van der Waals surface area contributed by atoms with Crippen LogP contribution >= 0.6 is 0 Å². The molecule has 0 N–H and O–H groups in total. The van der Waals surface area contributed by atoms with Crippen molar-refractivity contribution in [2.75, 3.05) is 0 Å². The normalized spacial score (nSPS) is 11.6. The van der Waals surface area contributed by atoms with Crippen LogP contribution in [0.1, 0.15) is 16.7 Å². The topological polar surface area (TPSA) is 0 Å². The van der Waals surface area contributed by atoms with Gasteiger partial charge in [-0.05, 0) is 42.7 Å². The summed E-state index contributed by atoms with van der Waals surface area (Å²) >= 11 is 0. The van der Waals surface area contributed by atoms with Crippen molar-refractivity contribution in [2.24, 2.45) is 0 Å². The van der Waals surface area contributed by atoms with Crippen molar-refractivity contribution < 1.29 is 13.2 Å². The third-order valence-corrected chi connectivity index (χ3v) is 2.92. The van der Waals surface area contributed by atoms with Crippen molar-refractivity contribution in [1.29, 1.82) is 0 Å². The van der Waals surface area contributed by atoms with E-state index in [9.17, 15) is 13.2 Å². The highest BCUT2D eigenvalue weighted by molar-refractivity contribution is 5.67. The summed E-state index contributed by atoms with van der Waals surface area (Å²) in [6, 6.07) is 11.6. The Balaban J connectivity index is 2.45. The van der Waals surface area contributed by atoms with Crippen molar-refractivity contribution in [3.8, 4) is 11.1 Å². The first-order chi connectivity index (χ1) is 8.38. The molecule has 0 saturated carbocycles. The van der Waals surface area contributed by atoms with Gasteiger partial charge in [-0.1, -0.05) is 35.9 Å². The van der Waals surface area contributed by atoms with Gasteiger partial charge in [0.1, 0.15) is 0 Å². The molecule has 0 aliphatic rings. The van der Waals surface area contributed by atoms with E-state index >= 15 is 0 Å². The smallest absolute Gasteiger partial charge is 0.166 e. The van der Waals surface area contributed by atoms with E-state index in [4.69, 9.17) is 0 Å². The Labute approximate surface area is 104 Å². The number of hydrogen-bond donors (Lipinski definition) is 0. The van der Waals surface area contributed by atoms with Gasteiger partial charge in [0.25, 0.3) is 0 Å². The molecule has 3 heteroatoms. The van der Waals surface area contributed by atoms with Crippen molar-refractivity contribution >= 4 is 0 Å². The van der Waals surface area contributed by atoms with Gasteiger partial charge in [0.2, 0.25) is 0 Å². The Morgan fingerprint density at radius 3 is 1.94 bits per heavy atom. The molecule has 0 spiro atoms. The molecule has 0 heterocycles. The van der Waals surface area contributed by atoms with E-state index in [1.807, 2.05) is 31.2 Å². The summed E-state index contributed by atoms with van der Waals surface area (Å²) in [7, 11) is 0. The van der Waals surface area contributed by atoms with Gasteiger partial charge in [-0.3, -0.25) is 0 Å². The monoisotopic (exact) mass is 250 g/mol. The zero-order valence-corrected chi connectivity index (χ0v) is 10.2. The Hall–Kier alpha value is -1.77. The number of alkyl halides is 3. The van der Waals surface area contributed by atoms with E-state index < -0.39 is 11.7 Å². The lowest BCUT2D eigenvalue weighted by Gasteiger charge is -2.11. The van der Waals surface area contributed by atoms with E-state index in [-0.39, 0.29) is 0 Å². The molecule has 2 rings (SSSR count). The van der Waals surface area contributed by atoms with Crippen LogP contribution in [0.25, 0.3) is 11.1 Å². The molecular weight excluding hydrogens is 237 g/mol. The van der Waals surface area contributed by atoms with E-state index in [2.05, 4.69) is 0 Å². The molecule has 0 nitrogen and oxygen atoms in total. The van der Waals surface area contributed by atoms with Gasteiger partial charge in [-0.25, -0.2) is 0 Å². The third-order valence-electron chi connectivity index (χ3n) is 2.92. The molecule has 0 aromatic heterocycles. The SMILES string of the molecule is Cc1ccc(-c2ccc(C(F)(F)F)cc2C)cc1. The lowest BCUT2D eigenvalue weighted by atomic mass is 9.97. The first kappa shape index (κ1) is 12.7. The minimum Gasteiger partial charge on any atom is -0.166 e. The van der Waals surface area contributed by atoms with Crippen molar-refractivity contribution in [3.05, 3.63) is 59.2 Å². The molecule has 0 aliphatic heterocycles. The molecule has 0 aliphatic carbocycles. The summed E-state index contributed by atoms with van der Waals surface area (Å²) in [4.78, 5) is 0. The Kier molecular flexibility index (Phi) is 3.16. The maximum absolute atomic E-state index is 12.6. The Morgan fingerprint density at radius 1 is 0.833 bits per heavy atom. The summed E-state index contributed by atoms with van der Waals surface area (Å²) in [5.41, 5.74) is 2.93. The van der Waals surface area contributed by atoms with Crippen LogP contribution in [-0.2, 0) is 6.18 Å². The van der Waals surface area contributed by atoms with Crippen LogP contribution in [-0.4, -0.2) is 0 Å². The van der Waals surface area contributed by atoms with Gasteiger partial charge >= 0.3 is 6.18 Å². The second-order valence-corrected chi connectivity index (χ2v) is 4.39. The fourth-order valence-corrected chi connectivity index (χ4v) is 1.90. The molecule has 0 saturated heterocycles. The second kappa shape index (κ2) is 4.48. The van der Waals surface area contributed by atoms with Gasteiger partial charge in [-0.15, -0.1) is 0 Å². The Bertz CT molecular complexity index is 551. The minimum atomic E-state index is -4.28. The molecule has 0 radical (unpaired) electrons. The lowest BCUT2D eigenvalue weighted by molar-refractivity contribution is -0.137. The van der Waals surface area contributed by atoms with Crippen LogP contribution in [0.3, 0.4) is 0 Å². The van der Waals surface area contributed by atoms with E-state index in [0.29, 0.717) is 5.56 Å². The predicted molar refractivity (Wildman–Crippen MR) is 66.4 cm³/mol. The number of halogens is 3. The van der Waals surface area contributed by atoms with Crippen molar-refractivity contribution in [1.82, 2.24) is 0 Å². The van der Waals surface area contributed by atoms with Gasteiger partial charge in [-0.2, -0.15) is 13.2 Å². The quantitative estimate of drug-likeness (QED) is 0.669. The van der Waals surface area contributed by atoms with Gasteiger partial charge in [0.15, 0.2) is 0 Å². The molecule has 2 aromatic carbocycles. The zero-order valence-electron chi connectivity index (χ0n) is 10.2. The van der Waals surface area contributed by atoms with Crippen molar-refractivity contribution in [3.63, 3.8) is 0 Å². The molecule has 18 heavy (non-hydrogen) atoms. The molecule has 94 valence electrons. The minimum absolute atomic E-state index is 0.601. The highest BCUT2D eigenvalue weighted by Gasteiger charge is 2.30. The third kappa shape index (κ3) is 2.55. The largest absolute Gasteiger partial charge is 0.416 e. The van der Waals surface area contributed by atoms with Gasteiger partial charge in [0.05, 0.1) is 5.56 Å². The molecule has 0 unspecified atom stereocenters. The summed E-state index contributed by atoms with van der Waals surface area (Å²) in [5.74, 6) is 0. The van der Waals surface area contributed by atoms with E-state index in [1.54, 1.807) is 6.92 Å². The number of hydrogen-bond acceptors (Lipinski definition) is 0. The average Bonchev–Trinajstić information content (AvgIpc) is 2.29. The molecule has 0 atom stereocenters. The highest BCUT2D eigenvalue weighted by atomic mass is 19.4. The zero-order chi connectivity index (χ0) is 13.3. The van der Waals surface area contributed by atoms with Crippen LogP contribution in [0, 0.1) is 13.8 Å². The molecular formula is C15H13F3. The van der Waals surface area contributed by atoms with Crippen LogP contribution in [0.5, 0.6) is 0 Å². The van der Waals surface area contributed by atoms with Crippen LogP contribution in [0.2, 0.25) is 0 Å². The predicted octanol–water partition coefficient (Wildman–Crippen LogP) is 4.99. The Morgan fingerprint density at radius 2 is 1.44 bits per heavy atom. The number of rotatable bonds is 1. The standard InChI is InChI=1S/C15H13F3/c1-10-3-5-12(6-4-10)14-8-7-13(9-11(14)2)15(16,17)18/h3-9H,1-2H3. The molecule has 0 fully saturated rings. The first-order valence-corrected chi connectivity index (χ1v) is 5.63. The van der Waals surface area contributed by atoms with Gasteiger partial charge in [0, 0.05) is 0 Å². The van der Waals surface area contributed by atoms with Crippen molar-refractivity contribution in [2.45, 2.75) is 20.0 Å². The lowest BCUT2D eigenvalue weighted by Crippen LogP contribution is -2.05. The van der Waals surface area contributed by atoms with E-state index in [1.165, 1.54) is 12.1 Å². The average molecular weight is 250 g/mol. The summed E-state index contributed by atoms with van der Waals surface area (Å²) in [6.07, 6.45) is -4.28. The van der Waals surface area contributed by atoms with E-state index in [0.717, 1.165) is 22.8 Å². The van der Waals surface area contributed by atoms with Crippen LogP contribution < -0.4 is 0 Å². The maximum atomic E-state index is 12.6. The highest BCUT2D eigenvalue weighted by Crippen LogP contribution is 2.33. The molecule has 2 aromatic rings. The molecule has 0 amide bonds. The molecule has 0 bridgehead atoms. The van der Waals surface area contributed by atoms with Crippen LogP contribution in [0.4, 0.5) is 13.2 Å². The first-order valence-electron chi connectivity index (χ1n) is 5.63. The number of aryl methyl sites for hydroxylation is 2. The fraction of sp³-hybridized carbons (Fsp3) is 0.200. The fourth-order valence-electron chi connectivity index (χ4n) is 1.90.